The van der Waals surface area contributed by atoms with Gasteiger partial charge in [-0.3, -0.25) is 14.9 Å². The van der Waals surface area contributed by atoms with Crippen LogP contribution in [-0.4, -0.2) is 25.0 Å². The van der Waals surface area contributed by atoms with E-state index < -0.39 is 17.8 Å². The largest absolute Gasteiger partial charge is 0.497 e. The summed E-state index contributed by atoms with van der Waals surface area (Å²) < 4.78 is 5.42. The second kappa shape index (κ2) is 9.58. The summed E-state index contributed by atoms with van der Waals surface area (Å²) in [6.45, 7) is 7.85. The second-order valence-corrected chi connectivity index (χ2v) is 8.91. The molecule has 6 nitrogen and oxygen atoms in total. The number of imide groups is 2. The van der Waals surface area contributed by atoms with E-state index in [1.54, 1.807) is 31.4 Å². The van der Waals surface area contributed by atoms with Crippen LogP contribution in [0.3, 0.4) is 0 Å². The maximum absolute atomic E-state index is 13.4. The Bertz CT molecular complexity index is 1370. The lowest BCUT2D eigenvalue weighted by molar-refractivity contribution is -0.122. The lowest BCUT2D eigenvalue weighted by Gasteiger charge is -2.28. The van der Waals surface area contributed by atoms with Crippen LogP contribution in [0.4, 0.5) is 10.5 Å². The van der Waals surface area contributed by atoms with E-state index in [4.69, 9.17) is 4.74 Å². The Labute approximate surface area is 205 Å². The van der Waals surface area contributed by atoms with Gasteiger partial charge < -0.3 is 4.74 Å². The van der Waals surface area contributed by atoms with Crippen molar-refractivity contribution in [3.05, 3.63) is 99.1 Å². The monoisotopic (exact) mass is 468 g/mol. The number of nitrogens with zero attached hydrogens (tertiary/aromatic N) is 1. The molecule has 3 aromatic carbocycles. The van der Waals surface area contributed by atoms with E-state index in [0.29, 0.717) is 23.4 Å². The molecule has 1 aliphatic rings. The number of hydrogen-bond acceptors (Lipinski definition) is 4. The van der Waals surface area contributed by atoms with Crippen molar-refractivity contribution in [1.82, 2.24) is 5.32 Å². The van der Waals surface area contributed by atoms with Crippen molar-refractivity contribution in [2.75, 3.05) is 12.0 Å². The third-order valence-corrected chi connectivity index (χ3v) is 6.24. The zero-order chi connectivity index (χ0) is 25.3. The Balaban J connectivity index is 1.78. The standard InChI is InChI=1S/C29H28N2O4/c1-17-11-18(2)13-21(12-17)14-23-15-24(35-5)10-9-22(23)16-25-27(32)30-29(34)31(28(25)33)26-8-6-7-19(3)20(26)4/h6-13,15-16H,14H2,1-5H3,(H,30,32,34)/b25-16+. The zero-order valence-corrected chi connectivity index (χ0v) is 20.6. The number of anilines is 1. The summed E-state index contributed by atoms with van der Waals surface area (Å²) in [4.78, 5) is 39.9. The average Bonchev–Trinajstić information content (AvgIpc) is 2.79. The van der Waals surface area contributed by atoms with Gasteiger partial charge in [0.25, 0.3) is 11.8 Å². The molecule has 1 saturated heterocycles. The molecule has 35 heavy (non-hydrogen) atoms. The third kappa shape index (κ3) is 4.87. The van der Waals surface area contributed by atoms with Crippen LogP contribution in [0, 0.1) is 27.7 Å². The first-order valence-electron chi connectivity index (χ1n) is 11.4. The topological polar surface area (TPSA) is 75.7 Å². The summed E-state index contributed by atoms with van der Waals surface area (Å²) >= 11 is 0. The minimum Gasteiger partial charge on any atom is -0.497 e. The third-order valence-electron chi connectivity index (χ3n) is 6.24. The highest BCUT2D eigenvalue weighted by Crippen LogP contribution is 2.29. The van der Waals surface area contributed by atoms with Gasteiger partial charge in [0.05, 0.1) is 12.8 Å². The van der Waals surface area contributed by atoms with Gasteiger partial charge in [-0.15, -0.1) is 0 Å². The molecule has 6 heteroatoms. The SMILES string of the molecule is COc1ccc(/C=C2\C(=O)NC(=O)N(c3cccc(C)c3C)C2=O)c(Cc2cc(C)cc(C)c2)c1. The molecule has 0 bridgehead atoms. The zero-order valence-electron chi connectivity index (χ0n) is 20.6. The molecule has 1 N–H and O–H groups in total. The van der Waals surface area contributed by atoms with E-state index in [9.17, 15) is 14.4 Å². The van der Waals surface area contributed by atoms with Gasteiger partial charge >= 0.3 is 6.03 Å². The van der Waals surface area contributed by atoms with E-state index in [1.807, 2.05) is 32.0 Å². The van der Waals surface area contributed by atoms with E-state index in [1.165, 1.54) is 0 Å². The highest BCUT2D eigenvalue weighted by atomic mass is 16.5. The summed E-state index contributed by atoms with van der Waals surface area (Å²) in [5.41, 5.74) is 7.13. The maximum atomic E-state index is 13.4. The molecular formula is C29H28N2O4. The predicted octanol–water partition coefficient (Wildman–Crippen LogP) is 5.19. The number of aryl methyl sites for hydroxylation is 3. The minimum atomic E-state index is -0.754. The smallest absolute Gasteiger partial charge is 0.335 e. The molecule has 0 aliphatic carbocycles. The summed E-state index contributed by atoms with van der Waals surface area (Å²) in [5.74, 6) is -0.687. The molecule has 4 rings (SSSR count). The molecule has 1 heterocycles. The molecule has 4 amide bonds. The molecule has 0 aromatic heterocycles. The molecule has 3 aromatic rings. The van der Waals surface area contributed by atoms with Gasteiger partial charge in [-0.1, -0.05) is 47.5 Å². The van der Waals surface area contributed by atoms with Crippen LogP contribution in [-0.2, 0) is 16.0 Å². The van der Waals surface area contributed by atoms with Crippen molar-refractivity contribution in [3.63, 3.8) is 0 Å². The normalized spacial score (nSPS) is 14.9. The van der Waals surface area contributed by atoms with Crippen molar-refractivity contribution < 1.29 is 19.1 Å². The van der Waals surface area contributed by atoms with Gasteiger partial charge in [0.2, 0.25) is 0 Å². The van der Waals surface area contributed by atoms with Crippen LogP contribution in [0.25, 0.3) is 6.08 Å². The van der Waals surface area contributed by atoms with Crippen LogP contribution in [0.2, 0.25) is 0 Å². The number of benzene rings is 3. The van der Waals surface area contributed by atoms with Gasteiger partial charge in [-0.2, -0.15) is 0 Å². The highest BCUT2D eigenvalue weighted by Gasteiger charge is 2.37. The van der Waals surface area contributed by atoms with Crippen LogP contribution in [0.15, 0.2) is 60.2 Å². The predicted molar refractivity (Wildman–Crippen MR) is 137 cm³/mol. The number of carbonyl (C=O) groups is 3. The minimum absolute atomic E-state index is 0.0997. The van der Waals surface area contributed by atoms with Crippen LogP contribution in [0.1, 0.15) is 38.9 Å². The number of ether oxygens (including phenoxy) is 1. The quantitative estimate of drug-likeness (QED) is 0.413. The summed E-state index contributed by atoms with van der Waals surface area (Å²) in [5, 5.41) is 2.32. The Hall–Kier alpha value is -4.19. The molecule has 0 radical (unpaired) electrons. The Kier molecular flexibility index (Phi) is 6.56. The molecule has 1 fully saturated rings. The molecular weight excluding hydrogens is 440 g/mol. The number of amides is 4. The summed E-state index contributed by atoms with van der Waals surface area (Å²) in [6.07, 6.45) is 2.15. The number of barbiturate groups is 1. The number of hydrogen-bond donors (Lipinski definition) is 1. The molecule has 0 saturated carbocycles. The lowest BCUT2D eigenvalue weighted by Crippen LogP contribution is -2.54. The molecule has 1 aliphatic heterocycles. The van der Waals surface area contributed by atoms with Crippen LogP contribution < -0.4 is 15.0 Å². The first kappa shape index (κ1) is 24.0. The van der Waals surface area contributed by atoms with Gasteiger partial charge in [-0.25, -0.2) is 9.69 Å². The van der Waals surface area contributed by atoms with Crippen LogP contribution >= 0.6 is 0 Å². The van der Waals surface area contributed by atoms with Crippen molar-refractivity contribution in [3.8, 4) is 5.75 Å². The fraction of sp³-hybridized carbons (Fsp3) is 0.207. The highest BCUT2D eigenvalue weighted by molar-refractivity contribution is 6.39. The number of carbonyl (C=O) groups excluding carboxylic acids is 3. The van der Waals surface area contributed by atoms with Gasteiger partial charge in [-0.05, 0) is 86.2 Å². The molecule has 0 atom stereocenters. The lowest BCUT2D eigenvalue weighted by atomic mass is 9.95. The Morgan fingerprint density at radius 1 is 0.914 bits per heavy atom. The van der Waals surface area contributed by atoms with Gasteiger partial charge in [0.1, 0.15) is 11.3 Å². The van der Waals surface area contributed by atoms with Crippen molar-refractivity contribution >= 4 is 29.6 Å². The van der Waals surface area contributed by atoms with E-state index in [2.05, 4.69) is 37.4 Å². The number of rotatable bonds is 5. The molecule has 178 valence electrons. The van der Waals surface area contributed by atoms with E-state index in [0.717, 1.165) is 38.3 Å². The Morgan fingerprint density at radius 3 is 2.31 bits per heavy atom. The van der Waals surface area contributed by atoms with E-state index in [-0.39, 0.29) is 5.57 Å². The first-order chi connectivity index (χ1) is 16.7. The van der Waals surface area contributed by atoms with Crippen molar-refractivity contribution in [1.29, 1.82) is 0 Å². The van der Waals surface area contributed by atoms with Gasteiger partial charge in [0.15, 0.2) is 0 Å². The molecule has 0 spiro atoms. The van der Waals surface area contributed by atoms with Gasteiger partial charge in [0, 0.05) is 0 Å². The fourth-order valence-corrected chi connectivity index (χ4v) is 4.40. The average molecular weight is 469 g/mol. The number of urea groups is 1. The fourth-order valence-electron chi connectivity index (χ4n) is 4.40. The van der Waals surface area contributed by atoms with Crippen LogP contribution in [0.5, 0.6) is 5.75 Å². The molecule has 0 unspecified atom stereocenters. The maximum Gasteiger partial charge on any atom is 0.335 e. The Morgan fingerprint density at radius 2 is 1.63 bits per heavy atom. The summed E-state index contributed by atoms with van der Waals surface area (Å²) in [6, 6.07) is 16.5. The first-order valence-corrected chi connectivity index (χ1v) is 11.4. The summed E-state index contributed by atoms with van der Waals surface area (Å²) in [7, 11) is 1.60. The second-order valence-electron chi connectivity index (χ2n) is 8.91. The number of nitrogens with one attached hydrogen (secondary N) is 1. The van der Waals surface area contributed by atoms with Crippen molar-refractivity contribution in [2.24, 2.45) is 0 Å². The number of methoxy groups -OCH3 is 1. The van der Waals surface area contributed by atoms with E-state index >= 15 is 0 Å². The van der Waals surface area contributed by atoms with Crippen molar-refractivity contribution in [2.45, 2.75) is 34.1 Å².